The van der Waals surface area contributed by atoms with Crippen LogP contribution < -0.4 is 11.3 Å². The Hall–Kier alpha value is -0.900. The third kappa shape index (κ3) is 2.43. The lowest BCUT2D eigenvalue weighted by molar-refractivity contribution is 0.179. The van der Waals surface area contributed by atoms with Crippen LogP contribution in [0.1, 0.15) is 29.9 Å². The average molecular weight is 220 g/mol. The van der Waals surface area contributed by atoms with E-state index in [1.807, 2.05) is 0 Å². The molecule has 3 heteroatoms. The van der Waals surface area contributed by atoms with Gasteiger partial charge in [0.05, 0.1) is 0 Å². The molecule has 0 saturated carbocycles. The Bertz CT molecular complexity index is 340. The van der Waals surface area contributed by atoms with Crippen LogP contribution >= 0.6 is 0 Å². The minimum Gasteiger partial charge on any atom is -0.385 e. The summed E-state index contributed by atoms with van der Waals surface area (Å²) in [5.41, 5.74) is 5.88. The van der Waals surface area contributed by atoms with E-state index in [9.17, 15) is 0 Å². The first kappa shape index (κ1) is 11.6. The van der Waals surface area contributed by atoms with Gasteiger partial charge in [0.25, 0.3) is 0 Å². The zero-order chi connectivity index (χ0) is 11.4. The molecule has 0 aromatic heterocycles. The zero-order valence-electron chi connectivity index (χ0n) is 9.78. The number of hydrazine groups is 1. The van der Waals surface area contributed by atoms with E-state index in [4.69, 9.17) is 10.6 Å². The quantitative estimate of drug-likeness (QED) is 0.565. The molecule has 16 heavy (non-hydrogen) atoms. The van der Waals surface area contributed by atoms with Crippen LogP contribution in [-0.4, -0.2) is 19.8 Å². The number of benzene rings is 1. The van der Waals surface area contributed by atoms with Gasteiger partial charge in [-0.3, -0.25) is 11.3 Å². The van der Waals surface area contributed by atoms with Gasteiger partial charge < -0.3 is 4.74 Å². The molecule has 1 aromatic carbocycles. The summed E-state index contributed by atoms with van der Waals surface area (Å²) in [6.45, 7) is 0.767. The Kier molecular flexibility index (Phi) is 3.93. The van der Waals surface area contributed by atoms with E-state index < -0.39 is 0 Å². The second-order valence-electron chi connectivity index (χ2n) is 4.48. The number of hydrogen-bond acceptors (Lipinski definition) is 3. The van der Waals surface area contributed by atoms with Gasteiger partial charge in [-0.15, -0.1) is 0 Å². The summed E-state index contributed by atoms with van der Waals surface area (Å²) < 4.78 is 5.08. The molecule has 1 aromatic rings. The van der Waals surface area contributed by atoms with Crippen molar-refractivity contribution < 1.29 is 4.74 Å². The molecule has 3 nitrogen and oxygen atoms in total. The lowest BCUT2D eigenvalue weighted by Crippen LogP contribution is -2.38. The maximum absolute atomic E-state index is 5.56. The van der Waals surface area contributed by atoms with E-state index in [1.54, 1.807) is 7.11 Å². The zero-order valence-corrected chi connectivity index (χ0v) is 9.78. The molecule has 0 heterocycles. The Morgan fingerprint density at radius 1 is 1.50 bits per heavy atom. The van der Waals surface area contributed by atoms with Crippen molar-refractivity contribution in [2.45, 2.75) is 31.2 Å². The molecule has 0 amide bonds. The standard InChI is InChI=1S/C13H20N2O/c1-16-7-6-12(15-14)9-11-8-10-4-2-3-5-13(10)11/h2-5,11-12,15H,6-9,14H2,1H3. The van der Waals surface area contributed by atoms with E-state index in [0.29, 0.717) is 12.0 Å². The van der Waals surface area contributed by atoms with Crippen molar-refractivity contribution in [1.29, 1.82) is 0 Å². The van der Waals surface area contributed by atoms with Crippen molar-refractivity contribution in [3.63, 3.8) is 0 Å². The Balaban J connectivity index is 1.87. The second kappa shape index (κ2) is 5.43. The number of fused-ring (bicyclic) bond motifs is 1. The first-order valence-electron chi connectivity index (χ1n) is 5.88. The Labute approximate surface area is 97.0 Å². The third-order valence-electron chi connectivity index (χ3n) is 3.44. The summed E-state index contributed by atoms with van der Waals surface area (Å²) in [6.07, 6.45) is 3.28. The van der Waals surface area contributed by atoms with E-state index in [0.717, 1.165) is 19.4 Å². The normalized spacial score (nSPS) is 20.0. The SMILES string of the molecule is COCCC(CC1Cc2ccccc21)NN. The van der Waals surface area contributed by atoms with Crippen LogP contribution in [0, 0.1) is 0 Å². The van der Waals surface area contributed by atoms with Gasteiger partial charge in [0.15, 0.2) is 0 Å². The van der Waals surface area contributed by atoms with Crippen LogP contribution in [0.3, 0.4) is 0 Å². The van der Waals surface area contributed by atoms with Gasteiger partial charge >= 0.3 is 0 Å². The van der Waals surface area contributed by atoms with Gasteiger partial charge in [-0.25, -0.2) is 0 Å². The van der Waals surface area contributed by atoms with E-state index in [1.165, 1.54) is 17.5 Å². The molecular weight excluding hydrogens is 200 g/mol. The fourth-order valence-corrected chi connectivity index (χ4v) is 2.45. The van der Waals surface area contributed by atoms with Gasteiger partial charge in [-0.1, -0.05) is 24.3 Å². The highest BCUT2D eigenvalue weighted by Crippen LogP contribution is 2.38. The summed E-state index contributed by atoms with van der Waals surface area (Å²) >= 11 is 0. The van der Waals surface area contributed by atoms with Crippen LogP contribution in [0.2, 0.25) is 0 Å². The van der Waals surface area contributed by atoms with Gasteiger partial charge in [0, 0.05) is 19.8 Å². The first-order valence-corrected chi connectivity index (χ1v) is 5.88. The number of rotatable bonds is 6. The molecule has 2 rings (SSSR count). The maximum Gasteiger partial charge on any atom is 0.0477 e. The van der Waals surface area contributed by atoms with Crippen LogP contribution in [0.4, 0.5) is 0 Å². The lowest BCUT2D eigenvalue weighted by Gasteiger charge is -2.32. The lowest BCUT2D eigenvalue weighted by atomic mass is 9.74. The number of hydrogen-bond donors (Lipinski definition) is 2. The minimum atomic E-state index is 0.360. The van der Waals surface area contributed by atoms with E-state index >= 15 is 0 Å². The summed E-state index contributed by atoms with van der Waals surface area (Å²) in [7, 11) is 1.73. The summed E-state index contributed by atoms with van der Waals surface area (Å²) in [6, 6.07) is 9.03. The fourth-order valence-electron chi connectivity index (χ4n) is 2.45. The highest BCUT2D eigenvalue weighted by Gasteiger charge is 2.27. The molecule has 0 bridgehead atoms. The summed E-state index contributed by atoms with van der Waals surface area (Å²) in [5, 5.41) is 0. The van der Waals surface area contributed by atoms with Gasteiger partial charge in [0.2, 0.25) is 0 Å². The molecule has 2 unspecified atom stereocenters. The topological polar surface area (TPSA) is 47.3 Å². The van der Waals surface area contributed by atoms with Crippen molar-refractivity contribution in [3.05, 3.63) is 35.4 Å². The maximum atomic E-state index is 5.56. The van der Waals surface area contributed by atoms with Crippen molar-refractivity contribution in [1.82, 2.24) is 5.43 Å². The van der Waals surface area contributed by atoms with E-state index in [-0.39, 0.29) is 0 Å². The largest absolute Gasteiger partial charge is 0.385 e. The monoisotopic (exact) mass is 220 g/mol. The number of nitrogens with one attached hydrogen (secondary N) is 1. The predicted octanol–water partition coefficient (Wildman–Crippen LogP) is 1.58. The smallest absolute Gasteiger partial charge is 0.0477 e. The molecule has 0 spiro atoms. The van der Waals surface area contributed by atoms with Crippen LogP contribution in [-0.2, 0) is 11.2 Å². The molecule has 3 N–H and O–H groups in total. The molecular formula is C13H20N2O. The molecule has 0 fully saturated rings. The Morgan fingerprint density at radius 2 is 2.31 bits per heavy atom. The van der Waals surface area contributed by atoms with Gasteiger partial charge in [-0.05, 0) is 36.3 Å². The van der Waals surface area contributed by atoms with Gasteiger partial charge in [0.1, 0.15) is 0 Å². The summed E-state index contributed by atoms with van der Waals surface area (Å²) in [5.74, 6) is 6.23. The number of ether oxygens (including phenoxy) is 1. The second-order valence-corrected chi connectivity index (χ2v) is 4.48. The predicted molar refractivity (Wildman–Crippen MR) is 65.1 cm³/mol. The molecule has 1 aliphatic carbocycles. The van der Waals surface area contributed by atoms with Crippen molar-refractivity contribution in [2.75, 3.05) is 13.7 Å². The molecule has 1 aliphatic rings. The summed E-state index contributed by atoms with van der Waals surface area (Å²) in [4.78, 5) is 0. The molecule has 2 atom stereocenters. The van der Waals surface area contributed by atoms with E-state index in [2.05, 4.69) is 29.7 Å². The highest BCUT2D eigenvalue weighted by molar-refractivity contribution is 5.39. The van der Waals surface area contributed by atoms with Crippen molar-refractivity contribution in [3.8, 4) is 0 Å². The third-order valence-corrected chi connectivity index (χ3v) is 3.44. The fraction of sp³-hybridized carbons (Fsp3) is 0.538. The number of methoxy groups -OCH3 is 1. The molecule has 0 radical (unpaired) electrons. The highest BCUT2D eigenvalue weighted by atomic mass is 16.5. The Morgan fingerprint density at radius 3 is 3.00 bits per heavy atom. The van der Waals surface area contributed by atoms with Crippen molar-refractivity contribution >= 4 is 0 Å². The van der Waals surface area contributed by atoms with Gasteiger partial charge in [-0.2, -0.15) is 0 Å². The first-order chi connectivity index (χ1) is 7.85. The molecule has 88 valence electrons. The average Bonchev–Trinajstić information content (AvgIpc) is 2.30. The van der Waals surface area contributed by atoms with Crippen molar-refractivity contribution in [2.24, 2.45) is 5.84 Å². The minimum absolute atomic E-state index is 0.360. The molecule has 0 aliphatic heterocycles. The number of nitrogens with two attached hydrogens (primary N) is 1. The van der Waals surface area contributed by atoms with Crippen LogP contribution in [0.5, 0.6) is 0 Å². The molecule has 0 saturated heterocycles. The van der Waals surface area contributed by atoms with Crippen LogP contribution in [0.15, 0.2) is 24.3 Å². The van der Waals surface area contributed by atoms with Crippen LogP contribution in [0.25, 0.3) is 0 Å².